The lowest BCUT2D eigenvalue weighted by Crippen LogP contribution is -2.16. The van der Waals surface area contributed by atoms with Gasteiger partial charge in [-0.3, -0.25) is 4.79 Å². The first-order chi connectivity index (χ1) is 7.44. The van der Waals surface area contributed by atoms with Crippen LogP contribution in [0, 0.1) is 12.8 Å². The van der Waals surface area contributed by atoms with Gasteiger partial charge in [0.05, 0.1) is 11.6 Å². The van der Waals surface area contributed by atoms with Crippen LogP contribution in [0.2, 0.25) is 0 Å². The number of anilines is 1. The third-order valence-electron chi connectivity index (χ3n) is 2.60. The summed E-state index contributed by atoms with van der Waals surface area (Å²) in [6.07, 6.45) is 1.39. The zero-order valence-corrected chi connectivity index (χ0v) is 11.3. The predicted octanol–water partition coefficient (Wildman–Crippen LogP) is 3.15. The van der Waals surface area contributed by atoms with Crippen molar-refractivity contribution in [1.82, 2.24) is 4.98 Å². The third kappa shape index (κ3) is 2.34. The number of hydrogen-bond acceptors (Lipinski definition) is 3. The van der Waals surface area contributed by atoms with Crippen LogP contribution in [0.3, 0.4) is 0 Å². The van der Waals surface area contributed by atoms with Crippen LogP contribution >= 0.6 is 34.5 Å². The van der Waals surface area contributed by atoms with Crippen LogP contribution in [0.15, 0.2) is 0 Å². The molecule has 1 saturated carbocycles. The largest absolute Gasteiger partial charge is 0.302 e. The summed E-state index contributed by atoms with van der Waals surface area (Å²) >= 11 is 13.1. The minimum Gasteiger partial charge on any atom is -0.302 e. The van der Waals surface area contributed by atoms with E-state index in [2.05, 4.69) is 10.3 Å². The van der Waals surface area contributed by atoms with Crippen LogP contribution in [0.25, 0.3) is 0 Å². The van der Waals surface area contributed by atoms with Gasteiger partial charge in [-0.1, -0.05) is 6.92 Å². The third-order valence-corrected chi connectivity index (χ3v) is 4.36. The summed E-state index contributed by atoms with van der Waals surface area (Å²) in [7, 11) is 0. The molecule has 1 unspecified atom stereocenters. The van der Waals surface area contributed by atoms with Crippen molar-refractivity contribution in [3.63, 3.8) is 0 Å². The molecule has 2 rings (SSSR count). The normalized spacial score (nSPS) is 21.9. The van der Waals surface area contributed by atoms with Crippen molar-refractivity contribution in [3.05, 3.63) is 10.6 Å². The molecule has 6 heteroatoms. The Hall–Kier alpha value is -0.320. The van der Waals surface area contributed by atoms with Crippen molar-refractivity contribution < 1.29 is 4.79 Å². The molecule has 3 nitrogen and oxygen atoms in total. The van der Waals surface area contributed by atoms with E-state index in [4.69, 9.17) is 23.2 Å². The number of thiazole rings is 1. The highest BCUT2D eigenvalue weighted by atomic mass is 35.5. The molecule has 88 valence electrons. The molecule has 1 N–H and O–H groups in total. The minimum atomic E-state index is -0.871. The van der Waals surface area contributed by atoms with Gasteiger partial charge in [-0.05, 0) is 19.8 Å². The van der Waals surface area contributed by atoms with Gasteiger partial charge in [0.25, 0.3) is 0 Å². The molecule has 1 aromatic rings. The van der Waals surface area contributed by atoms with Crippen LogP contribution in [-0.4, -0.2) is 15.2 Å². The van der Waals surface area contributed by atoms with E-state index in [0.717, 1.165) is 17.0 Å². The summed E-state index contributed by atoms with van der Waals surface area (Å²) in [5.74, 6) is -0.438. The molecule has 0 aliphatic heterocycles. The van der Waals surface area contributed by atoms with E-state index in [1.165, 1.54) is 11.3 Å². The SMILES string of the molecule is CCc1nc(NC(=O)C2CC2(Cl)Cl)sc1C. The van der Waals surface area contributed by atoms with Crippen LogP contribution in [0.4, 0.5) is 5.13 Å². The number of nitrogens with one attached hydrogen (secondary N) is 1. The Morgan fingerprint density at radius 3 is 2.75 bits per heavy atom. The Balaban J connectivity index is 2.02. The average molecular weight is 279 g/mol. The standard InChI is InChI=1S/C10H12Cl2N2OS/c1-3-7-5(2)16-9(13-7)14-8(15)6-4-10(6,11)12/h6H,3-4H2,1-2H3,(H,13,14,15). The van der Waals surface area contributed by atoms with Crippen molar-refractivity contribution in [2.45, 2.75) is 31.0 Å². The molecule has 0 saturated heterocycles. The van der Waals surface area contributed by atoms with Gasteiger partial charge in [0.2, 0.25) is 5.91 Å². The smallest absolute Gasteiger partial charge is 0.232 e. The quantitative estimate of drug-likeness (QED) is 0.864. The van der Waals surface area contributed by atoms with Gasteiger partial charge in [0.1, 0.15) is 4.33 Å². The monoisotopic (exact) mass is 278 g/mol. The average Bonchev–Trinajstić information content (AvgIpc) is 2.68. The van der Waals surface area contributed by atoms with Gasteiger partial charge in [0, 0.05) is 4.88 Å². The summed E-state index contributed by atoms with van der Waals surface area (Å²) in [6, 6.07) is 0. The molecule has 1 amide bonds. The Labute approximate surface area is 108 Å². The fraction of sp³-hybridized carbons (Fsp3) is 0.600. The topological polar surface area (TPSA) is 42.0 Å². The highest BCUT2D eigenvalue weighted by Gasteiger charge is 2.56. The molecule has 1 heterocycles. The van der Waals surface area contributed by atoms with Gasteiger partial charge in [-0.15, -0.1) is 34.5 Å². The molecule has 0 bridgehead atoms. The second-order valence-electron chi connectivity index (χ2n) is 3.88. The molecule has 1 aliphatic carbocycles. The Kier molecular flexibility index (Phi) is 3.16. The van der Waals surface area contributed by atoms with Crippen molar-refractivity contribution in [1.29, 1.82) is 0 Å². The number of rotatable bonds is 3. The first-order valence-corrected chi connectivity index (χ1v) is 6.66. The van der Waals surface area contributed by atoms with Crippen molar-refractivity contribution in [2.75, 3.05) is 5.32 Å². The van der Waals surface area contributed by atoms with Gasteiger partial charge >= 0.3 is 0 Å². The molecular weight excluding hydrogens is 267 g/mol. The van der Waals surface area contributed by atoms with E-state index in [1.807, 2.05) is 13.8 Å². The maximum absolute atomic E-state index is 11.7. The molecule has 1 atom stereocenters. The van der Waals surface area contributed by atoms with Gasteiger partial charge in [0.15, 0.2) is 5.13 Å². The van der Waals surface area contributed by atoms with Gasteiger partial charge in [-0.25, -0.2) is 4.98 Å². The van der Waals surface area contributed by atoms with E-state index < -0.39 is 4.33 Å². The van der Waals surface area contributed by atoms with Crippen LogP contribution in [0.1, 0.15) is 23.9 Å². The number of aromatic nitrogens is 1. The van der Waals surface area contributed by atoms with Crippen molar-refractivity contribution in [3.8, 4) is 0 Å². The zero-order valence-electron chi connectivity index (χ0n) is 9.01. The molecule has 1 fully saturated rings. The highest BCUT2D eigenvalue weighted by Crippen LogP contribution is 2.53. The first kappa shape index (κ1) is 12.1. The summed E-state index contributed by atoms with van der Waals surface area (Å²) in [5, 5.41) is 3.39. The summed E-state index contributed by atoms with van der Waals surface area (Å²) < 4.78 is -0.871. The Morgan fingerprint density at radius 1 is 1.69 bits per heavy atom. The number of amides is 1. The lowest BCUT2D eigenvalue weighted by molar-refractivity contribution is -0.117. The maximum atomic E-state index is 11.7. The molecular formula is C10H12Cl2N2OS. The van der Waals surface area contributed by atoms with Crippen LogP contribution < -0.4 is 5.32 Å². The summed E-state index contributed by atoms with van der Waals surface area (Å²) in [5.41, 5.74) is 1.03. The molecule has 16 heavy (non-hydrogen) atoms. The van der Waals surface area contributed by atoms with Crippen LogP contribution in [-0.2, 0) is 11.2 Å². The lowest BCUT2D eigenvalue weighted by Gasteiger charge is -2.00. The minimum absolute atomic E-state index is 0.138. The number of aryl methyl sites for hydroxylation is 2. The van der Waals surface area contributed by atoms with Crippen molar-refractivity contribution >= 4 is 45.6 Å². The molecule has 0 radical (unpaired) electrons. The van der Waals surface area contributed by atoms with E-state index in [9.17, 15) is 4.79 Å². The highest BCUT2D eigenvalue weighted by molar-refractivity contribution is 7.15. The number of alkyl halides is 2. The van der Waals surface area contributed by atoms with E-state index in [-0.39, 0.29) is 11.8 Å². The lowest BCUT2D eigenvalue weighted by atomic mass is 10.3. The maximum Gasteiger partial charge on any atom is 0.232 e. The van der Waals surface area contributed by atoms with E-state index in [0.29, 0.717) is 11.6 Å². The molecule has 0 aromatic carbocycles. The van der Waals surface area contributed by atoms with Gasteiger partial charge in [-0.2, -0.15) is 0 Å². The Morgan fingerprint density at radius 2 is 2.31 bits per heavy atom. The predicted molar refractivity (Wildman–Crippen MR) is 67.4 cm³/mol. The summed E-state index contributed by atoms with van der Waals surface area (Å²) in [4.78, 5) is 17.1. The molecule has 1 aliphatic rings. The zero-order chi connectivity index (χ0) is 11.9. The number of carbonyl (C=O) groups is 1. The van der Waals surface area contributed by atoms with E-state index >= 15 is 0 Å². The fourth-order valence-electron chi connectivity index (χ4n) is 1.50. The second kappa shape index (κ2) is 4.17. The molecule has 0 spiro atoms. The fourth-order valence-corrected chi connectivity index (χ4v) is 2.91. The van der Waals surface area contributed by atoms with E-state index in [1.54, 1.807) is 0 Å². The molecule has 1 aromatic heterocycles. The summed E-state index contributed by atoms with van der Waals surface area (Å²) in [6.45, 7) is 4.04. The van der Waals surface area contributed by atoms with Crippen molar-refractivity contribution in [2.24, 2.45) is 5.92 Å². The Bertz CT molecular complexity index is 430. The number of hydrogen-bond donors (Lipinski definition) is 1. The first-order valence-electron chi connectivity index (χ1n) is 5.09. The van der Waals surface area contributed by atoms with Crippen LogP contribution in [0.5, 0.6) is 0 Å². The number of halogens is 2. The second-order valence-corrected chi connectivity index (χ2v) is 6.63. The number of carbonyl (C=O) groups excluding carboxylic acids is 1. The van der Waals surface area contributed by atoms with Gasteiger partial charge < -0.3 is 5.32 Å². The number of nitrogens with zero attached hydrogens (tertiary/aromatic N) is 1.